The van der Waals surface area contributed by atoms with Crippen LogP contribution in [0.2, 0.25) is 0 Å². The maximum absolute atomic E-state index is 13.5. The number of carboxylic acid groups (broad SMARTS) is 1. The Bertz CT molecular complexity index is 1860. The number of aliphatic carboxylic acids is 1. The monoisotopic (exact) mass is 578 g/mol. The number of piperidine rings is 1. The van der Waals surface area contributed by atoms with Gasteiger partial charge >= 0.3 is 5.97 Å². The van der Waals surface area contributed by atoms with E-state index in [4.69, 9.17) is 4.98 Å². The minimum absolute atomic E-state index is 0.100. The first kappa shape index (κ1) is 28.1. The molecule has 1 aliphatic rings. The van der Waals surface area contributed by atoms with Crippen molar-refractivity contribution in [2.75, 3.05) is 22.1 Å². The van der Waals surface area contributed by atoms with Crippen LogP contribution in [-0.4, -0.2) is 34.7 Å². The lowest BCUT2D eigenvalue weighted by molar-refractivity contribution is -0.137. The fraction of sp³-hybridized carbons (Fsp3) is 0.235. The largest absolute Gasteiger partial charge is 0.480 e. The fourth-order valence-corrected chi connectivity index (χ4v) is 5.75. The van der Waals surface area contributed by atoms with Crippen LogP contribution in [-0.2, 0) is 11.2 Å². The minimum atomic E-state index is -1.11. The van der Waals surface area contributed by atoms with Crippen molar-refractivity contribution in [2.45, 2.75) is 44.7 Å². The third-order valence-electron chi connectivity index (χ3n) is 8.13. The van der Waals surface area contributed by atoms with E-state index in [2.05, 4.69) is 10.6 Å². The Hall–Kier alpha value is -5.05. The van der Waals surface area contributed by atoms with Crippen LogP contribution in [0.5, 0.6) is 0 Å². The highest BCUT2D eigenvalue weighted by Crippen LogP contribution is 2.31. The Morgan fingerprint density at radius 3 is 2.49 bits per heavy atom. The van der Waals surface area contributed by atoms with E-state index in [1.165, 1.54) is 12.1 Å². The Balaban J connectivity index is 1.21. The number of aromatic nitrogens is 1. The van der Waals surface area contributed by atoms with E-state index >= 15 is 0 Å². The van der Waals surface area contributed by atoms with E-state index in [0.29, 0.717) is 23.7 Å². The van der Waals surface area contributed by atoms with Crippen LogP contribution in [0, 0.1) is 5.82 Å². The first-order valence-corrected chi connectivity index (χ1v) is 14.4. The average Bonchev–Trinajstić information content (AvgIpc) is 3.02. The summed E-state index contributed by atoms with van der Waals surface area (Å²) in [5.74, 6) is -0.791. The Labute approximate surface area is 247 Å². The molecule has 1 aliphatic heterocycles. The number of hydrogen-bond acceptors (Lipinski definition) is 7. The zero-order valence-corrected chi connectivity index (χ0v) is 23.6. The molecule has 9 heteroatoms. The average molecular weight is 579 g/mol. The molecule has 1 fully saturated rings. The number of carbonyl (C=O) groups is 1. The number of anilines is 4. The summed E-state index contributed by atoms with van der Waals surface area (Å²) in [4.78, 5) is 43.8. The van der Waals surface area contributed by atoms with Crippen LogP contribution in [0.15, 0.2) is 88.5 Å². The van der Waals surface area contributed by atoms with Crippen molar-refractivity contribution in [1.29, 1.82) is 0 Å². The van der Waals surface area contributed by atoms with Gasteiger partial charge in [-0.2, -0.15) is 0 Å². The molecule has 1 aromatic heterocycles. The number of halogens is 1. The Morgan fingerprint density at radius 1 is 1.02 bits per heavy atom. The fourth-order valence-electron chi connectivity index (χ4n) is 5.75. The number of rotatable bonds is 9. The lowest BCUT2D eigenvalue weighted by atomic mass is 9.99. The first-order chi connectivity index (χ1) is 20.8. The maximum Gasteiger partial charge on any atom is 0.326 e. The molecule has 1 saturated heterocycles. The summed E-state index contributed by atoms with van der Waals surface area (Å²) in [5.41, 5.74) is 2.18. The zero-order valence-electron chi connectivity index (χ0n) is 23.6. The number of fused-ring (bicyclic) bond motifs is 1. The molecule has 0 aliphatic carbocycles. The summed E-state index contributed by atoms with van der Waals surface area (Å²) in [6.07, 6.45) is 3.02. The highest BCUT2D eigenvalue weighted by molar-refractivity contribution is 5.96. The van der Waals surface area contributed by atoms with Gasteiger partial charge in [0.25, 0.3) is 10.9 Å². The van der Waals surface area contributed by atoms with Gasteiger partial charge in [-0.1, -0.05) is 36.4 Å². The van der Waals surface area contributed by atoms with Gasteiger partial charge < -0.3 is 20.6 Å². The molecule has 0 amide bonds. The van der Waals surface area contributed by atoms with Gasteiger partial charge in [-0.15, -0.1) is 0 Å². The van der Waals surface area contributed by atoms with Crippen LogP contribution in [0.25, 0.3) is 22.0 Å². The van der Waals surface area contributed by atoms with Gasteiger partial charge in [-0.25, -0.2) is 14.2 Å². The molecule has 5 aromatic rings. The summed E-state index contributed by atoms with van der Waals surface area (Å²) >= 11 is 0. The van der Waals surface area contributed by atoms with Crippen molar-refractivity contribution in [3.05, 3.63) is 111 Å². The van der Waals surface area contributed by atoms with Crippen LogP contribution in [0.3, 0.4) is 0 Å². The second kappa shape index (κ2) is 11.7. The third-order valence-corrected chi connectivity index (χ3v) is 8.13. The molecule has 0 spiro atoms. The van der Waals surface area contributed by atoms with E-state index in [1.54, 1.807) is 12.1 Å². The van der Waals surface area contributed by atoms with Crippen molar-refractivity contribution >= 4 is 39.6 Å². The van der Waals surface area contributed by atoms with Gasteiger partial charge in [0.15, 0.2) is 0 Å². The molecule has 0 bridgehead atoms. The quantitative estimate of drug-likeness (QED) is 0.186. The van der Waals surface area contributed by atoms with E-state index in [0.717, 1.165) is 46.8 Å². The molecule has 8 nitrogen and oxygen atoms in total. The van der Waals surface area contributed by atoms with Gasteiger partial charge in [0.2, 0.25) is 0 Å². The predicted molar refractivity (Wildman–Crippen MR) is 168 cm³/mol. The lowest BCUT2D eigenvalue weighted by Crippen LogP contribution is -2.49. The molecule has 2 unspecified atom stereocenters. The Kier molecular flexibility index (Phi) is 7.63. The summed E-state index contributed by atoms with van der Waals surface area (Å²) < 4.78 is 13.5. The number of hydrogen-bond donors (Lipinski definition) is 3. The highest BCUT2D eigenvalue weighted by atomic mass is 19.1. The van der Waals surface area contributed by atoms with E-state index < -0.39 is 22.9 Å². The van der Waals surface area contributed by atoms with Crippen molar-refractivity contribution < 1.29 is 14.3 Å². The molecule has 0 radical (unpaired) electrons. The van der Waals surface area contributed by atoms with Gasteiger partial charge in [0, 0.05) is 35.6 Å². The molecule has 2 atom stereocenters. The number of pyridine rings is 1. The predicted octanol–water partition coefficient (Wildman–Crippen LogP) is 5.87. The maximum atomic E-state index is 13.5. The minimum Gasteiger partial charge on any atom is -0.480 e. The molecule has 4 aromatic carbocycles. The van der Waals surface area contributed by atoms with Crippen molar-refractivity contribution in [3.8, 4) is 11.3 Å². The summed E-state index contributed by atoms with van der Waals surface area (Å²) in [7, 11) is 0. The normalized spacial score (nSPS) is 15.9. The third kappa shape index (κ3) is 5.70. The molecule has 2 heterocycles. The molecular formula is C34H31FN4O4. The van der Waals surface area contributed by atoms with Gasteiger partial charge in [0.1, 0.15) is 29.1 Å². The van der Waals surface area contributed by atoms with E-state index in [-0.39, 0.29) is 24.0 Å². The molecule has 218 valence electrons. The number of benzene rings is 3. The van der Waals surface area contributed by atoms with Crippen LogP contribution in [0.1, 0.15) is 31.7 Å². The van der Waals surface area contributed by atoms with E-state index in [9.17, 15) is 23.9 Å². The molecule has 0 saturated carbocycles. The second-order valence-corrected chi connectivity index (χ2v) is 11.1. The Morgan fingerprint density at radius 2 is 1.77 bits per heavy atom. The van der Waals surface area contributed by atoms with Gasteiger partial charge in [-0.3, -0.25) is 9.59 Å². The number of nitrogens with one attached hydrogen (secondary N) is 2. The smallest absolute Gasteiger partial charge is 0.326 e. The number of carboxylic acids is 1. The molecular weight excluding hydrogens is 547 g/mol. The molecule has 6 rings (SSSR count). The topological polar surface area (TPSA) is 112 Å². The zero-order chi connectivity index (χ0) is 30.1. The van der Waals surface area contributed by atoms with E-state index in [1.807, 2.05) is 66.4 Å². The van der Waals surface area contributed by atoms with Crippen molar-refractivity contribution in [2.24, 2.45) is 0 Å². The lowest BCUT2D eigenvalue weighted by Gasteiger charge is -2.37. The van der Waals surface area contributed by atoms with Crippen molar-refractivity contribution in [3.63, 3.8) is 0 Å². The summed E-state index contributed by atoms with van der Waals surface area (Å²) in [5, 5.41) is 18.1. The second-order valence-electron chi connectivity index (χ2n) is 11.1. The molecule has 43 heavy (non-hydrogen) atoms. The first-order valence-electron chi connectivity index (χ1n) is 14.4. The van der Waals surface area contributed by atoms with Crippen LogP contribution in [0.4, 0.5) is 27.3 Å². The summed E-state index contributed by atoms with van der Waals surface area (Å²) in [6, 6.07) is 22.3. The number of nitrogens with zero attached hydrogens (tertiary/aromatic N) is 2. The van der Waals surface area contributed by atoms with Crippen LogP contribution >= 0.6 is 0 Å². The standard InChI is InChI=1S/C34H31FN4O4/c1-20-6-4-5-17-39(20)30-29(31(40)32(30)41)37-28(34(42)43)18-21-9-15-25(16-10-21)36-33-26-8-3-2-7-23(26)19-27(38-33)22-11-13-24(35)14-12-22/h2-3,7-16,19-20,28,37H,4-6,17-18H2,1H3,(H,36,38)(H,42,43). The highest BCUT2D eigenvalue weighted by Gasteiger charge is 2.32. The van der Waals surface area contributed by atoms with Crippen LogP contribution < -0.4 is 26.4 Å². The SMILES string of the molecule is CC1CCCCN1c1c(NC(Cc2ccc(Nc3nc(-c4ccc(F)cc4)cc4ccccc34)cc2)C(=O)O)c(=O)c1=O. The summed E-state index contributed by atoms with van der Waals surface area (Å²) in [6.45, 7) is 2.69. The van der Waals surface area contributed by atoms with Crippen molar-refractivity contribution in [1.82, 2.24) is 4.98 Å². The molecule has 3 N–H and O–H groups in total. The van der Waals surface area contributed by atoms with Gasteiger partial charge in [-0.05, 0) is 79.6 Å². The van der Waals surface area contributed by atoms with Gasteiger partial charge in [0.05, 0.1) is 5.69 Å².